The van der Waals surface area contributed by atoms with Gasteiger partial charge in [0, 0.05) is 12.8 Å². The third-order valence-corrected chi connectivity index (χ3v) is 4.86. The van der Waals surface area contributed by atoms with Crippen LogP contribution in [0.25, 0.3) is 11.1 Å². The number of benzene rings is 2. The molecule has 3 rings (SSSR count). The third kappa shape index (κ3) is 3.35. The molecule has 0 unspecified atom stereocenters. The van der Waals surface area contributed by atoms with Crippen LogP contribution in [-0.4, -0.2) is 40.9 Å². The predicted octanol–water partition coefficient (Wildman–Crippen LogP) is 3.21. The van der Waals surface area contributed by atoms with Gasteiger partial charge in [-0.05, 0) is 34.2 Å². The van der Waals surface area contributed by atoms with Gasteiger partial charge in [-0.2, -0.15) is 12.6 Å². The molecule has 0 heterocycles. The minimum atomic E-state index is -1.11. The second-order valence-corrected chi connectivity index (χ2v) is 6.34. The average Bonchev–Trinajstić information content (AvgIpc) is 2.99. The number of amides is 1. The number of likely N-dealkylation sites (N-methyl/N-ethyl adjacent to an activating group) is 1. The van der Waals surface area contributed by atoms with E-state index in [0.29, 0.717) is 0 Å². The summed E-state index contributed by atoms with van der Waals surface area (Å²) in [5, 5.41) is 9.11. The molecule has 1 amide bonds. The minimum Gasteiger partial charge on any atom is -0.480 e. The molecular weight excluding hydrogens is 338 g/mol. The lowest BCUT2D eigenvalue weighted by Crippen LogP contribution is -2.43. The second-order valence-electron chi connectivity index (χ2n) is 5.98. The summed E-state index contributed by atoms with van der Waals surface area (Å²) in [5.74, 6) is -1.08. The zero-order chi connectivity index (χ0) is 18.0. The Morgan fingerprint density at radius 2 is 1.92 bits per heavy atom. The van der Waals surface area contributed by atoms with Crippen molar-refractivity contribution in [3.05, 3.63) is 59.2 Å². The molecule has 1 atom stereocenters. The first-order valence-corrected chi connectivity index (χ1v) is 8.58. The van der Waals surface area contributed by atoms with Gasteiger partial charge in [0.1, 0.15) is 12.6 Å². The van der Waals surface area contributed by atoms with E-state index in [4.69, 9.17) is 9.84 Å². The second kappa shape index (κ2) is 7.19. The van der Waals surface area contributed by atoms with E-state index in [1.54, 1.807) is 0 Å². The molecule has 2 aromatic carbocycles. The summed E-state index contributed by atoms with van der Waals surface area (Å²) in [4.78, 5) is 24.3. The first kappa shape index (κ1) is 17.4. The highest BCUT2D eigenvalue weighted by Crippen LogP contribution is 2.38. The molecule has 2 aromatic rings. The molecule has 0 fully saturated rings. The fraction of sp³-hybridized carbons (Fsp3) is 0.263. The number of carbonyl (C=O) groups excluding carboxylic acids is 1. The van der Waals surface area contributed by atoms with Crippen LogP contribution in [0.1, 0.15) is 16.7 Å². The fourth-order valence-electron chi connectivity index (χ4n) is 3.09. The SMILES string of the molecule is CN(C(=O)OCc1cccc2c1Cc1ccccc1-2)[C@@H](CS)C(=O)O. The molecule has 1 N–H and O–H groups in total. The first-order valence-electron chi connectivity index (χ1n) is 7.95. The van der Waals surface area contributed by atoms with Gasteiger partial charge in [0.25, 0.3) is 0 Å². The van der Waals surface area contributed by atoms with E-state index in [1.807, 2.05) is 24.3 Å². The number of carboxylic acid groups (broad SMARTS) is 1. The Balaban J connectivity index is 1.73. The number of ether oxygens (including phenoxy) is 1. The van der Waals surface area contributed by atoms with Gasteiger partial charge < -0.3 is 9.84 Å². The summed E-state index contributed by atoms with van der Waals surface area (Å²) >= 11 is 3.98. The molecule has 0 aliphatic heterocycles. The van der Waals surface area contributed by atoms with Crippen molar-refractivity contribution in [3.63, 3.8) is 0 Å². The topological polar surface area (TPSA) is 66.8 Å². The van der Waals surface area contributed by atoms with Crippen molar-refractivity contribution in [1.29, 1.82) is 0 Å². The Kier molecular flexibility index (Phi) is 4.99. The number of carboxylic acids is 1. The van der Waals surface area contributed by atoms with Gasteiger partial charge in [-0.25, -0.2) is 9.59 Å². The minimum absolute atomic E-state index is 0.0248. The zero-order valence-electron chi connectivity index (χ0n) is 13.8. The van der Waals surface area contributed by atoms with Gasteiger partial charge in [-0.1, -0.05) is 42.5 Å². The number of hydrogen-bond acceptors (Lipinski definition) is 4. The molecule has 1 aliphatic carbocycles. The van der Waals surface area contributed by atoms with Crippen LogP contribution < -0.4 is 0 Å². The molecule has 0 radical (unpaired) electrons. The number of hydrogen-bond donors (Lipinski definition) is 2. The normalized spacial score (nSPS) is 12.9. The van der Waals surface area contributed by atoms with E-state index < -0.39 is 18.1 Å². The summed E-state index contributed by atoms with van der Waals surface area (Å²) < 4.78 is 5.34. The monoisotopic (exact) mass is 357 g/mol. The quantitative estimate of drug-likeness (QED) is 0.688. The summed E-state index contributed by atoms with van der Waals surface area (Å²) in [7, 11) is 1.41. The van der Waals surface area contributed by atoms with Gasteiger partial charge >= 0.3 is 12.1 Å². The van der Waals surface area contributed by atoms with E-state index in [9.17, 15) is 9.59 Å². The summed E-state index contributed by atoms with van der Waals surface area (Å²) in [6.45, 7) is 0.110. The Morgan fingerprint density at radius 1 is 1.20 bits per heavy atom. The van der Waals surface area contributed by atoms with E-state index in [2.05, 4.69) is 30.8 Å². The molecular formula is C19H19NO4S. The molecule has 1 aliphatic rings. The van der Waals surface area contributed by atoms with E-state index in [-0.39, 0.29) is 12.4 Å². The highest BCUT2D eigenvalue weighted by atomic mass is 32.1. The molecule has 0 aromatic heterocycles. The molecule has 0 bridgehead atoms. The summed E-state index contributed by atoms with van der Waals surface area (Å²) in [5.41, 5.74) is 5.73. The highest BCUT2D eigenvalue weighted by molar-refractivity contribution is 7.80. The van der Waals surface area contributed by atoms with Crippen molar-refractivity contribution in [2.24, 2.45) is 0 Å². The lowest BCUT2D eigenvalue weighted by atomic mass is 10.0. The molecule has 0 spiro atoms. The van der Waals surface area contributed by atoms with Gasteiger partial charge in [0.15, 0.2) is 0 Å². The Labute approximate surface area is 151 Å². The maximum absolute atomic E-state index is 12.1. The van der Waals surface area contributed by atoms with Crippen molar-refractivity contribution < 1.29 is 19.4 Å². The van der Waals surface area contributed by atoms with E-state index in [0.717, 1.165) is 28.0 Å². The van der Waals surface area contributed by atoms with Crippen LogP contribution >= 0.6 is 12.6 Å². The largest absolute Gasteiger partial charge is 0.480 e. The lowest BCUT2D eigenvalue weighted by molar-refractivity contribution is -0.141. The molecule has 6 heteroatoms. The first-order chi connectivity index (χ1) is 12.0. The van der Waals surface area contributed by atoms with Crippen molar-refractivity contribution in [3.8, 4) is 11.1 Å². The van der Waals surface area contributed by atoms with Crippen LogP contribution in [0.5, 0.6) is 0 Å². The van der Waals surface area contributed by atoms with Crippen molar-refractivity contribution in [2.45, 2.75) is 19.1 Å². The Hall–Kier alpha value is -2.47. The van der Waals surface area contributed by atoms with Gasteiger partial charge in [-0.3, -0.25) is 4.90 Å². The number of carbonyl (C=O) groups is 2. The fourth-order valence-corrected chi connectivity index (χ4v) is 3.49. The van der Waals surface area contributed by atoms with Crippen LogP contribution in [0.4, 0.5) is 4.79 Å². The Bertz CT molecular complexity index is 821. The number of nitrogens with zero attached hydrogens (tertiary/aromatic N) is 1. The van der Waals surface area contributed by atoms with Crippen molar-refractivity contribution >= 4 is 24.7 Å². The molecule has 25 heavy (non-hydrogen) atoms. The number of thiol groups is 1. The van der Waals surface area contributed by atoms with Crippen LogP contribution in [0, 0.1) is 0 Å². The standard InChI is InChI=1S/C19H19NO4S/c1-20(17(11-25)18(21)22)19(23)24-10-13-6-4-8-15-14-7-3-2-5-12(14)9-16(13)15/h2-8,17,25H,9-11H2,1H3,(H,21,22)/t17-/m0/s1. The summed E-state index contributed by atoms with van der Waals surface area (Å²) in [6.07, 6.45) is 0.137. The lowest BCUT2D eigenvalue weighted by Gasteiger charge is -2.23. The summed E-state index contributed by atoms with van der Waals surface area (Å²) in [6, 6.07) is 13.2. The van der Waals surface area contributed by atoms with E-state index >= 15 is 0 Å². The number of fused-ring (bicyclic) bond motifs is 3. The van der Waals surface area contributed by atoms with Crippen molar-refractivity contribution in [1.82, 2.24) is 4.90 Å². The molecule has 5 nitrogen and oxygen atoms in total. The smallest absolute Gasteiger partial charge is 0.410 e. The zero-order valence-corrected chi connectivity index (χ0v) is 14.7. The highest BCUT2D eigenvalue weighted by Gasteiger charge is 2.27. The molecule has 0 saturated heterocycles. The van der Waals surface area contributed by atoms with Gasteiger partial charge in [-0.15, -0.1) is 0 Å². The van der Waals surface area contributed by atoms with E-state index in [1.165, 1.54) is 18.2 Å². The van der Waals surface area contributed by atoms with Crippen LogP contribution in [0.2, 0.25) is 0 Å². The predicted molar refractivity (Wildman–Crippen MR) is 97.9 cm³/mol. The van der Waals surface area contributed by atoms with Crippen LogP contribution in [0.15, 0.2) is 42.5 Å². The Morgan fingerprint density at radius 3 is 2.64 bits per heavy atom. The van der Waals surface area contributed by atoms with Gasteiger partial charge in [0.05, 0.1) is 0 Å². The van der Waals surface area contributed by atoms with Crippen LogP contribution in [0.3, 0.4) is 0 Å². The maximum Gasteiger partial charge on any atom is 0.410 e. The number of rotatable bonds is 5. The third-order valence-electron chi connectivity index (χ3n) is 4.51. The van der Waals surface area contributed by atoms with Gasteiger partial charge in [0.2, 0.25) is 0 Å². The average molecular weight is 357 g/mol. The maximum atomic E-state index is 12.1. The molecule has 130 valence electrons. The van der Waals surface area contributed by atoms with Crippen LogP contribution in [-0.2, 0) is 22.6 Å². The number of aliphatic carboxylic acids is 1. The van der Waals surface area contributed by atoms with Crippen molar-refractivity contribution in [2.75, 3.05) is 12.8 Å². The molecule has 0 saturated carbocycles.